The van der Waals surface area contributed by atoms with E-state index in [9.17, 15) is 30.8 Å². The smallest absolute Gasteiger partial charge is 0.416 e. The lowest BCUT2D eigenvalue weighted by molar-refractivity contribution is -0.137. The molecule has 1 unspecified atom stereocenters. The molecule has 0 bridgehead atoms. The second-order valence-corrected chi connectivity index (χ2v) is 10.8. The Balaban J connectivity index is 0.00000186. The summed E-state index contributed by atoms with van der Waals surface area (Å²) in [7, 11) is -4.54. The Morgan fingerprint density at radius 2 is 1.70 bits per heavy atom. The van der Waals surface area contributed by atoms with Crippen molar-refractivity contribution in [2.24, 2.45) is 5.92 Å². The number of halogens is 5. The van der Waals surface area contributed by atoms with Crippen LogP contribution < -0.4 is 15.4 Å². The molecule has 0 spiro atoms. The molecule has 2 aliphatic rings. The third kappa shape index (κ3) is 5.12. The molecular formula is C25H29F5N2O4S. The fourth-order valence-corrected chi connectivity index (χ4v) is 7.44. The van der Waals surface area contributed by atoms with E-state index in [-0.39, 0.29) is 25.9 Å². The first kappa shape index (κ1) is 28.7. The quantitative estimate of drug-likeness (QED) is 0.490. The average molecular weight is 549 g/mol. The molecule has 1 fully saturated rings. The fraction of sp³-hybridized carbons (Fsp3) is 0.480. The number of alkyl halides is 3. The Morgan fingerprint density at radius 1 is 1.08 bits per heavy atom. The number of urea groups is 1. The first-order valence-corrected chi connectivity index (χ1v) is 13.5. The summed E-state index contributed by atoms with van der Waals surface area (Å²) >= 11 is 0. The van der Waals surface area contributed by atoms with E-state index >= 15 is 4.39 Å². The van der Waals surface area contributed by atoms with Gasteiger partial charge in [-0.15, -0.1) is 0 Å². The molecule has 6 nitrogen and oxygen atoms in total. The van der Waals surface area contributed by atoms with Crippen LogP contribution in [0.15, 0.2) is 41.3 Å². The summed E-state index contributed by atoms with van der Waals surface area (Å²) in [5.41, 5.74) is -1.50. The van der Waals surface area contributed by atoms with E-state index < -0.39 is 72.2 Å². The Labute approximate surface area is 212 Å². The van der Waals surface area contributed by atoms with Gasteiger partial charge in [-0.25, -0.2) is 22.0 Å². The van der Waals surface area contributed by atoms with Gasteiger partial charge in [0.05, 0.1) is 22.6 Å². The average Bonchev–Trinajstić information content (AvgIpc) is 2.86. The molecule has 1 aliphatic heterocycles. The first-order valence-electron chi connectivity index (χ1n) is 12.0. The van der Waals surface area contributed by atoms with Gasteiger partial charge in [-0.1, -0.05) is 13.8 Å². The minimum Gasteiger partial charge on any atom is -0.490 e. The number of ether oxygens (including phenoxy) is 1. The van der Waals surface area contributed by atoms with Gasteiger partial charge in [-0.3, -0.25) is 0 Å². The van der Waals surface area contributed by atoms with Gasteiger partial charge in [-0.05, 0) is 62.6 Å². The standard InChI is InChI=1S/C23H23F5N2O4S.C2H6/c1-2-29-21(31)30-15-9-10-22(35(32,33)16-5-3-13(4-6-16)23(26,27)28)14(11-15)12-34-20-18(25)8-7-17(24)19(20)22;1-2/h3-8,14-15H,2,9-12H2,1H3,(H2,29,30,31);1-2H3/t14?,15-,22+;/m1./s1. The number of benzene rings is 2. The van der Waals surface area contributed by atoms with Crippen molar-refractivity contribution in [1.82, 2.24) is 10.6 Å². The third-order valence-corrected chi connectivity index (χ3v) is 9.24. The SMILES string of the molecule is CC.CCNC(=O)N[C@@H]1CC[C@@]2(S(=O)(=O)c3ccc(C(F)(F)F)cc3)c3c(F)ccc(F)c3OCC2C1. The highest BCUT2D eigenvalue weighted by Gasteiger charge is 2.59. The Morgan fingerprint density at radius 3 is 2.30 bits per heavy atom. The molecule has 1 aliphatic carbocycles. The molecule has 1 heterocycles. The predicted octanol–water partition coefficient (Wildman–Crippen LogP) is 5.56. The summed E-state index contributed by atoms with van der Waals surface area (Å²) in [5.74, 6) is -3.35. The molecule has 2 N–H and O–H groups in total. The van der Waals surface area contributed by atoms with Crippen molar-refractivity contribution in [3.63, 3.8) is 0 Å². The maximum Gasteiger partial charge on any atom is 0.416 e. The van der Waals surface area contributed by atoms with E-state index in [1.54, 1.807) is 6.92 Å². The second kappa shape index (κ2) is 10.8. The van der Waals surface area contributed by atoms with Crippen molar-refractivity contribution in [3.8, 4) is 5.75 Å². The lowest BCUT2D eigenvalue weighted by Crippen LogP contribution is -2.56. The summed E-state index contributed by atoms with van der Waals surface area (Å²) in [6.45, 7) is 5.82. The molecule has 12 heteroatoms. The molecule has 204 valence electrons. The molecule has 3 atom stereocenters. The summed E-state index contributed by atoms with van der Waals surface area (Å²) < 4.78 is 100. The molecule has 2 amide bonds. The van der Waals surface area contributed by atoms with E-state index in [2.05, 4.69) is 10.6 Å². The van der Waals surface area contributed by atoms with Gasteiger partial charge in [0.15, 0.2) is 21.4 Å². The normalized spacial score (nSPS) is 22.9. The second-order valence-electron chi connectivity index (χ2n) is 8.63. The van der Waals surface area contributed by atoms with Gasteiger partial charge in [0.2, 0.25) is 0 Å². The van der Waals surface area contributed by atoms with Crippen LogP contribution in [0.5, 0.6) is 5.75 Å². The monoisotopic (exact) mass is 548 g/mol. The number of nitrogens with one attached hydrogen (secondary N) is 2. The Kier molecular flexibility index (Phi) is 8.40. The maximum absolute atomic E-state index is 15.2. The van der Waals surface area contributed by atoms with E-state index in [4.69, 9.17) is 4.74 Å². The van der Waals surface area contributed by atoms with Crippen LogP contribution in [0.1, 0.15) is 51.2 Å². The molecule has 0 radical (unpaired) electrons. The van der Waals surface area contributed by atoms with Crippen LogP contribution in [0.25, 0.3) is 0 Å². The molecule has 1 saturated carbocycles. The Hall–Kier alpha value is -2.89. The van der Waals surface area contributed by atoms with Crippen molar-refractivity contribution < 1.29 is 39.9 Å². The number of fused-ring (bicyclic) bond motifs is 3. The summed E-state index contributed by atoms with van der Waals surface area (Å²) in [4.78, 5) is 11.6. The molecular weight excluding hydrogens is 519 g/mol. The lowest BCUT2D eigenvalue weighted by atomic mass is 9.71. The van der Waals surface area contributed by atoms with Gasteiger partial charge >= 0.3 is 12.2 Å². The number of hydrogen-bond acceptors (Lipinski definition) is 4. The largest absolute Gasteiger partial charge is 0.490 e. The summed E-state index contributed by atoms with van der Waals surface area (Å²) in [5, 5.41) is 5.32. The zero-order valence-electron chi connectivity index (χ0n) is 20.6. The highest BCUT2D eigenvalue weighted by molar-refractivity contribution is 7.92. The van der Waals surface area contributed by atoms with Crippen LogP contribution in [-0.4, -0.2) is 33.6 Å². The Bertz CT molecular complexity index is 1230. The topological polar surface area (TPSA) is 84.5 Å². The van der Waals surface area contributed by atoms with Crippen molar-refractivity contribution in [2.45, 2.75) is 61.9 Å². The summed E-state index contributed by atoms with van der Waals surface area (Å²) in [6.07, 6.45) is -4.68. The van der Waals surface area contributed by atoms with Crippen LogP contribution in [0, 0.1) is 17.6 Å². The molecule has 0 saturated heterocycles. The number of amides is 2. The molecule has 4 rings (SSSR count). The fourth-order valence-electron chi connectivity index (χ4n) is 5.08. The zero-order valence-corrected chi connectivity index (χ0v) is 21.4. The summed E-state index contributed by atoms with van der Waals surface area (Å²) in [6, 6.07) is 3.66. The minimum atomic E-state index is -4.67. The van der Waals surface area contributed by atoms with Crippen LogP contribution in [0.3, 0.4) is 0 Å². The van der Waals surface area contributed by atoms with E-state index in [0.29, 0.717) is 18.7 Å². The van der Waals surface area contributed by atoms with Crippen molar-refractivity contribution in [2.75, 3.05) is 13.2 Å². The predicted molar refractivity (Wildman–Crippen MR) is 127 cm³/mol. The van der Waals surface area contributed by atoms with Crippen LogP contribution >= 0.6 is 0 Å². The minimum absolute atomic E-state index is 0.0758. The third-order valence-electron chi connectivity index (χ3n) is 6.65. The number of hydrogen-bond donors (Lipinski definition) is 2. The van der Waals surface area contributed by atoms with Gasteiger partial charge in [0, 0.05) is 18.5 Å². The van der Waals surface area contributed by atoms with Crippen molar-refractivity contribution in [1.29, 1.82) is 0 Å². The van der Waals surface area contributed by atoms with Crippen molar-refractivity contribution >= 4 is 15.9 Å². The maximum atomic E-state index is 15.2. The van der Waals surface area contributed by atoms with E-state index in [1.165, 1.54) is 0 Å². The van der Waals surface area contributed by atoms with Gasteiger partial charge in [-0.2, -0.15) is 13.2 Å². The molecule has 2 aromatic rings. The number of rotatable bonds is 4. The molecule has 0 aromatic heterocycles. The molecule has 2 aromatic carbocycles. The highest BCUT2D eigenvalue weighted by Crippen LogP contribution is 2.56. The van der Waals surface area contributed by atoms with Gasteiger partial charge in [0.1, 0.15) is 10.6 Å². The van der Waals surface area contributed by atoms with Gasteiger partial charge in [0.25, 0.3) is 0 Å². The van der Waals surface area contributed by atoms with Gasteiger partial charge < -0.3 is 15.4 Å². The zero-order chi connectivity index (χ0) is 27.6. The number of sulfone groups is 1. The molecule has 37 heavy (non-hydrogen) atoms. The highest BCUT2D eigenvalue weighted by atomic mass is 32.2. The number of carbonyl (C=O) groups excluding carboxylic acids is 1. The van der Waals surface area contributed by atoms with E-state index in [1.807, 2.05) is 13.8 Å². The lowest BCUT2D eigenvalue weighted by Gasteiger charge is -2.49. The van der Waals surface area contributed by atoms with E-state index in [0.717, 1.165) is 24.3 Å². The number of carbonyl (C=O) groups is 1. The van der Waals surface area contributed by atoms with Crippen LogP contribution in [0.2, 0.25) is 0 Å². The van der Waals surface area contributed by atoms with Crippen LogP contribution in [-0.2, 0) is 20.8 Å². The van der Waals surface area contributed by atoms with Crippen molar-refractivity contribution in [3.05, 3.63) is 59.2 Å². The first-order chi connectivity index (χ1) is 17.4. The van der Waals surface area contributed by atoms with Crippen LogP contribution in [0.4, 0.5) is 26.7 Å².